The fraction of sp³-hybridized carbons (Fsp3) is 0.769. The Hall–Kier alpha value is -1.79. The highest BCUT2D eigenvalue weighted by Crippen LogP contribution is 2.28. The highest BCUT2D eigenvalue weighted by molar-refractivity contribution is 5.89. The van der Waals surface area contributed by atoms with Gasteiger partial charge in [0.05, 0.1) is 0 Å². The molecule has 0 heterocycles. The molecule has 0 aromatic heterocycles. The Morgan fingerprint density at radius 1 is 1.15 bits per heavy atom. The van der Waals surface area contributed by atoms with Crippen molar-refractivity contribution >= 4 is 17.9 Å². The number of urea groups is 1. The number of primary amides is 1. The molecule has 0 radical (unpaired) electrons. The van der Waals surface area contributed by atoms with Crippen molar-refractivity contribution in [3.63, 3.8) is 0 Å². The molecule has 0 aromatic rings. The van der Waals surface area contributed by atoms with Crippen LogP contribution in [0.3, 0.4) is 0 Å². The number of carboxylic acid groups (broad SMARTS) is 1. The van der Waals surface area contributed by atoms with Gasteiger partial charge in [-0.25, -0.2) is 9.59 Å². The van der Waals surface area contributed by atoms with Crippen LogP contribution in [-0.2, 0) is 9.59 Å². The summed E-state index contributed by atoms with van der Waals surface area (Å²) in [6.07, 6.45) is 3.29. The fourth-order valence-electron chi connectivity index (χ4n) is 2.51. The van der Waals surface area contributed by atoms with Crippen molar-refractivity contribution in [1.29, 1.82) is 0 Å². The Bertz CT molecular complexity index is 389. The van der Waals surface area contributed by atoms with Crippen molar-refractivity contribution in [2.75, 3.05) is 0 Å². The van der Waals surface area contributed by atoms with Gasteiger partial charge in [-0.2, -0.15) is 0 Å². The van der Waals surface area contributed by atoms with Crippen molar-refractivity contribution in [2.45, 2.75) is 57.5 Å². The van der Waals surface area contributed by atoms with Crippen LogP contribution in [0.2, 0.25) is 0 Å². The van der Waals surface area contributed by atoms with Crippen LogP contribution in [0.5, 0.6) is 0 Å². The van der Waals surface area contributed by atoms with Crippen molar-refractivity contribution in [1.82, 2.24) is 10.6 Å². The average molecular weight is 285 g/mol. The van der Waals surface area contributed by atoms with E-state index in [9.17, 15) is 19.5 Å². The van der Waals surface area contributed by atoms with Crippen LogP contribution in [0.4, 0.5) is 4.79 Å². The number of hydrogen-bond acceptors (Lipinski definition) is 3. The maximum absolute atomic E-state index is 11.9. The minimum Gasteiger partial charge on any atom is -0.480 e. The van der Waals surface area contributed by atoms with E-state index >= 15 is 0 Å². The first-order chi connectivity index (χ1) is 9.28. The van der Waals surface area contributed by atoms with Crippen molar-refractivity contribution in [3.8, 4) is 0 Å². The Morgan fingerprint density at radius 3 is 2.10 bits per heavy atom. The third kappa shape index (κ3) is 3.85. The molecule has 7 nitrogen and oxygen atoms in total. The van der Waals surface area contributed by atoms with E-state index in [2.05, 4.69) is 10.6 Å². The number of nitrogens with one attached hydrogen (secondary N) is 2. The van der Waals surface area contributed by atoms with Gasteiger partial charge in [0.15, 0.2) is 0 Å². The lowest BCUT2D eigenvalue weighted by atomic mass is 9.82. The number of nitrogens with two attached hydrogens (primary N) is 1. The molecule has 114 valence electrons. The maximum atomic E-state index is 11.9. The molecule has 5 N–H and O–H groups in total. The number of amides is 3. The Labute approximate surface area is 118 Å². The van der Waals surface area contributed by atoms with E-state index in [-0.39, 0.29) is 5.92 Å². The summed E-state index contributed by atoms with van der Waals surface area (Å²) in [5, 5.41) is 14.3. The summed E-state index contributed by atoms with van der Waals surface area (Å²) in [7, 11) is 0. The van der Waals surface area contributed by atoms with Gasteiger partial charge in [0, 0.05) is 0 Å². The molecule has 0 spiro atoms. The summed E-state index contributed by atoms with van der Waals surface area (Å²) in [5.41, 5.74) is 3.98. The summed E-state index contributed by atoms with van der Waals surface area (Å²) < 4.78 is 0. The molecular weight excluding hydrogens is 262 g/mol. The molecule has 1 atom stereocenters. The van der Waals surface area contributed by atoms with Crippen molar-refractivity contribution in [2.24, 2.45) is 11.7 Å². The molecule has 1 fully saturated rings. The van der Waals surface area contributed by atoms with E-state index in [1.165, 1.54) is 0 Å². The van der Waals surface area contributed by atoms with Crippen LogP contribution in [0.25, 0.3) is 0 Å². The number of hydrogen-bond donors (Lipinski definition) is 4. The van der Waals surface area contributed by atoms with Gasteiger partial charge in [-0.3, -0.25) is 4.79 Å². The Morgan fingerprint density at radius 2 is 1.70 bits per heavy atom. The minimum atomic E-state index is -1.23. The molecule has 7 heteroatoms. The summed E-state index contributed by atoms with van der Waals surface area (Å²) in [4.78, 5) is 34.6. The predicted molar refractivity (Wildman–Crippen MR) is 72.9 cm³/mol. The number of carbonyl (C=O) groups is 3. The largest absolute Gasteiger partial charge is 0.480 e. The summed E-state index contributed by atoms with van der Waals surface area (Å²) in [6.45, 7) is 3.51. The summed E-state index contributed by atoms with van der Waals surface area (Å²) >= 11 is 0. The Balaban J connectivity index is 2.71. The number of carbonyl (C=O) groups excluding carboxylic acids is 2. The second-order valence-electron chi connectivity index (χ2n) is 5.67. The minimum absolute atomic E-state index is 0.162. The van der Waals surface area contributed by atoms with E-state index < -0.39 is 29.5 Å². The standard InChI is InChI=1S/C13H23N3O4/c1-8(2)9(10(14)17)15-12(20)16-13(11(18)19)6-4-3-5-7-13/h8-9H,3-7H2,1-2H3,(H2,14,17)(H,18,19)(H2,15,16,20). The summed E-state index contributed by atoms with van der Waals surface area (Å²) in [5.74, 6) is -1.83. The highest BCUT2D eigenvalue weighted by atomic mass is 16.4. The van der Waals surface area contributed by atoms with Gasteiger partial charge in [-0.1, -0.05) is 33.1 Å². The van der Waals surface area contributed by atoms with Crippen LogP contribution in [0, 0.1) is 5.92 Å². The molecule has 1 unspecified atom stereocenters. The van der Waals surface area contributed by atoms with E-state index in [0.717, 1.165) is 19.3 Å². The van der Waals surface area contributed by atoms with Crippen LogP contribution < -0.4 is 16.4 Å². The zero-order valence-electron chi connectivity index (χ0n) is 11.9. The molecule has 1 rings (SSSR count). The van der Waals surface area contributed by atoms with Crippen LogP contribution in [0.15, 0.2) is 0 Å². The van der Waals surface area contributed by atoms with Gasteiger partial charge in [-0.05, 0) is 18.8 Å². The molecule has 1 aliphatic carbocycles. The normalized spacial score (nSPS) is 19.1. The monoisotopic (exact) mass is 285 g/mol. The third-order valence-corrected chi connectivity index (χ3v) is 3.73. The molecule has 0 aromatic carbocycles. The predicted octanol–water partition coefficient (Wildman–Crippen LogP) is 0.583. The SMILES string of the molecule is CC(C)C(NC(=O)NC1(C(=O)O)CCCCC1)C(N)=O. The topological polar surface area (TPSA) is 122 Å². The van der Waals surface area contributed by atoms with Crippen LogP contribution in [-0.4, -0.2) is 34.6 Å². The molecule has 3 amide bonds. The Kier molecular flexibility index (Phi) is 5.35. The second-order valence-corrected chi connectivity index (χ2v) is 5.67. The number of aliphatic carboxylic acids is 1. The second kappa shape index (κ2) is 6.58. The quantitative estimate of drug-likeness (QED) is 0.590. The highest BCUT2D eigenvalue weighted by Gasteiger charge is 2.41. The van der Waals surface area contributed by atoms with Crippen molar-refractivity contribution in [3.05, 3.63) is 0 Å². The lowest BCUT2D eigenvalue weighted by Gasteiger charge is -2.34. The van der Waals surface area contributed by atoms with E-state index in [1.807, 2.05) is 0 Å². The molecule has 0 aliphatic heterocycles. The zero-order valence-corrected chi connectivity index (χ0v) is 11.9. The zero-order chi connectivity index (χ0) is 15.3. The molecule has 0 bridgehead atoms. The lowest BCUT2D eigenvalue weighted by Crippen LogP contribution is -2.61. The molecule has 1 aliphatic rings. The molecular formula is C13H23N3O4. The van der Waals surface area contributed by atoms with E-state index in [1.54, 1.807) is 13.8 Å². The first-order valence-electron chi connectivity index (χ1n) is 6.90. The maximum Gasteiger partial charge on any atom is 0.329 e. The van der Waals surface area contributed by atoms with Crippen molar-refractivity contribution < 1.29 is 19.5 Å². The number of rotatable bonds is 5. The molecule has 0 saturated heterocycles. The fourth-order valence-corrected chi connectivity index (χ4v) is 2.51. The molecule has 1 saturated carbocycles. The van der Waals surface area contributed by atoms with Gasteiger partial charge in [-0.15, -0.1) is 0 Å². The van der Waals surface area contributed by atoms with Gasteiger partial charge in [0.1, 0.15) is 11.6 Å². The lowest BCUT2D eigenvalue weighted by molar-refractivity contribution is -0.145. The number of carboxylic acids is 1. The van der Waals surface area contributed by atoms with Gasteiger partial charge in [0.2, 0.25) is 5.91 Å². The first-order valence-corrected chi connectivity index (χ1v) is 6.90. The van der Waals surface area contributed by atoms with E-state index in [0.29, 0.717) is 12.8 Å². The average Bonchev–Trinajstić information content (AvgIpc) is 2.36. The van der Waals surface area contributed by atoms with Crippen LogP contribution >= 0.6 is 0 Å². The van der Waals surface area contributed by atoms with Gasteiger partial charge in [0.25, 0.3) is 0 Å². The first kappa shape index (κ1) is 16.3. The summed E-state index contributed by atoms with van der Waals surface area (Å²) in [6, 6.07) is -1.48. The van der Waals surface area contributed by atoms with Crippen LogP contribution in [0.1, 0.15) is 46.0 Å². The smallest absolute Gasteiger partial charge is 0.329 e. The van der Waals surface area contributed by atoms with Gasteiger partial charge < -0.3 is 21.5 Å². The molecule has 20 heavy (non-hydrogen) atoms. The van der Waals surface area contributed by atoms with Gasteiger partial charge >= 0.3 is 12.0 Å². The van der Waals surface area contributed by atoms with E-state index in [4.69, 9.17) is 5.73 Å². The third-order valence-electron chi connectivity index (χ3n) is 3.73.